The van der Waals surface area contributed by atoms with Crippen molar-refractivity contribution in [3.05, 3.63) is 53.6 Å². The fourth-order valence-electron chi connectivity index (χ4n) is 2.05. The van der Waals surface area contributed by atoms with E-state index in [4.69, 9.17) is 4.74 Å². The van der Waals surface area contributed by atoms with Crippen molar-refractivity contribution < 1.29 is 4.74 Å². The van der Waals surface area contributed by atoms with E-state index in [1.54, 1.807) is 18.4 Å². The van der Waals surface area contributed by atoms with E-state index < -0.39 is 0 Å². The molecule has 3 rings (SSSR count). The molecule has 0 fully saturated rings. The average Bonchev–Trinajstić information content (AvgIpc) is 2.89. The molecule has 0 bridgehead atoms. The van der Waals surface area contributed by atoms with Crippen molar-refractivity contribution in [3.63, 3.8) is 0 Å². The molecule has 0 saturated carbocycles. The molecule has 0 atom stereocenters. The highest BCUT2D eigenvalue weighted by molar-refractivity contribution is 7.22. The number of benzene rings is 2. The Bertz CT molecular complexity index is 719. The molecule has 0 amide bonds. The molecule has 0 aliphatic carbocycles. The standard InChI is InChI=1S/C16H16N2OS/c1-11-6-8-12(9-7-11)10-17-16-18-15-13(19-2)4-3-5-14(15)20-16/h3-9H,10H2,1-2H3,(H,17,18). The van der Waals surface area contributed by atoms with Gasteiger partial charge in [0.15, 0.2) is 5.13 Å². The molecule has 0 unspecified atom stereocenters. The minimum Gasteiger partial charge on any atom is -0.494 e. The average molecular weight is 284 g/mol. The van der Waals surface area contributed by atoms with Crippen LogP contribution in [0.2, 0.25) is 0 Å². The van der Waals surface area contributed by atoms with E-state index in [0.29, 0.717) is 0 Å². The Kier molecular flexibility index (Phi) is 3.56. The smallest absolute Gasteiger partial charge is 0.184 e. The van der Waals surface area contributed by atoms with Gasteiger partial charge < -0.3 is 10.1 Å². The monoisotopic (exact) mass is 284 g/mol. The van der Waals surface area contributed by atoms with Crippen LogP contribution in [0.3, 0.4) is 0 Å². The molecule has 3 nitrogen and oxygen atoms in total. The summed E-state index contributed by atoms with van der Waals surface area (Å²) in [5.41, 5.74) is 3.45. The van der Waals surface area contributed by atoms with Crippen molar-refractivity contribution in [3.8, 4) is 5.75 Å². The number of rotatable bonds is 4. The summed E-state index contributed by atoms with van der Waals surface area (Å²) in [5, 5.41) is 4.29. The van der Waals surface area contributed by atoms with Crippen molar-refractivity contribution in [2.24, 2.45) is 0 Å². The number of nitrogens with zero attached hydrogens (tertiary/aromatic N) is 1. The van der Waals surface area contributed by atoms with E-state index in [1.807, 2.05) is 12.1 Å². The molecule has 0 aliphatic heterocycles. The number of aryl methyl sites for hydroxylation is 1. The Balaban J connectivity index is 1.79. The van der Waals surface area contributed by atoms with E-state index >= 15 is 0 Å². The van der Waals surface area contributed by atoms with Gasteiger partial charge in [-0.3, -0.25) is 0 Å². The Hall–Kier alpha value is -2.07. The maximum Gasteiger partial charge on any atom is 0.184 e. The highest BCUT2D eigenvalue weighted by Gasteiger charge is 2.07. The third-order valence-corrected chi connectivity index (χ3v) is 4.14. The first-order valence-electron chi connectivity index (χ1n) is 6.49. The summed E-state index contributed by atoms with van der Waals surface area (Å²) in [6.07, 6.45) is 0. The van der Waals surface area contributed by atoms with Crippen molar-refractivity contribution in [2.75, 3.05) is 12.4 Å². The van der Waals surface area contributed by atoms with Gasteiger partial charge in [0.25, 0.3) is 0 Å². The quantitative estimate of drug-likeness (QED) is 0.778. The summed E-state index contributed by atoms with van der Waals surface area (Å²) in [5.74, 6) is 0.821. The molecule has 0 radical (unpaired) electrons. The fraction of sp³-hybridized carbons (Fsp3) is 0.188. The Morgan fingerprint density at radius 2 is 1.95 bits per heavy atom. The number of hydrogen-bond donors (Lipinski definition) is 1. The first-order chi connectivity index (χ1) is 9.76. The number of para-hydroxylation sites is 1. The lowest BCUT2D eigenvalue weighted by Gasteiger charge is -2.03. The SMILES string of the molecule is COc1cccc2sc(NCc3ccc(C)cc3)nc12. The summed E-state index contributed by atoms with van der Waals surface area (Å²) in [6, 6.07) is 14.5. The second kappa shape index (κ2) is 5.51. The number of ether oxygens (including phenoxy) is 1. The molecule has 0 spiro atoms. The van der Waals surface area contributed by atoms with Crippen LogP contribution in [0.25, 0.3) is 10.2 Å². The van der Waals surface area contributed by atoms with Crippen molar-refractivity contribution in [1.82, 2.24) is 4.98 Å². The lowest BCUT2D eigenvalue weighted by Crippen LogP contribution is -1.98. The van der Waals surface area contributed by atoms with Gasteiger partial charge in [-0.25, -0.2) is 4.98 Å². The minimum absolute atomic E-state index is 0.780. The molecule has 20 heavy (non-hydrogen) atoms. The van der Waals surface area contributed by atoms with Gasteiger partial charge in [-0.15, -0.1) is 0 Å². The third kappa shape index (κ3) is 2.60. The number of thiazole rings is 1. The van der Waals surface area contributed by atoms with Crippen LogP contribution in [0.15, 0.2) is 42.5 Å². The zero-order valence-electron chi connectivity index (χ0n) is 11.5. The van der Waals surface area contributed by atoms with Crippen LogP contribution < -0.4 is 10.1 Å². The number of aromatic nitrogens is 1. The van der Waals surface area contributed by atoms with Crippen LogP contribution in [0, 0.1) is 6.92 Å². The summed E-state index contributed by atoms with van der Waals surface area (Å²) >= 11 is 1.65. The molecule has 4 heteroatoms. The lowest BCUT2D eigenvalue weighted by molar-refractivity contribution is 0.419. The van der Waals surface area contributed by atoms with Crippen molar-refractivity contribution in [1.29, 1.82) is 0 Å². The Labute approximate surface area is 122 Å². The molecule has 102 valence electrons. The highest BCUT2D eigenvalue weighted by Crippen LogP contribution is 2.32. The van der Waals surface area contributed by atoms with E-state index in [0.717, 1.165) is 27.6 Å². The summed E-state index contributed by atoms with van der Waals surface area (Å²) in [4.78, 5) is 4.60. The maximum atomic E-state index is 5.33. The van der Waals surface area contributed by atoms with Gasteiger partial charge in [-0.05, 0) is 24.6 Å². The number of fused-ring (bicyclic) bond motifs is 1. The van der Waals surface area contributed by atoms with Gasteiger partial charge in [0.2, 0.25) is 0 Å². The molecule has 0 saturated heterocycles. The number of hydrogen-bond acceptors (Lipinski definition) is 4. The van der Waals surface area contributed by atoms with Gasteiger partial charge in [0.05, 0.1) is 11.8 Å². The second-order valence-electron chi connectivity index (χ2n) is 4.67. The van der Waals surface area contributed by atoms with E-state index in [9.17, 15) is 0 Å². The van der Waals surface area contributed by atoms with Gasteiger partial charge in [-0.1, -0.05) is 47.2 Å². The topological polar surface area (TPSA) is 34.1 Å². The molecule has 1 N–H and O–H groups in total. The predicted molar refractivity (Wildman–Crippen MR) is 84.7 cm³/mol. The molecule has 2 aromatic carbocycles. The van der Waals surface area contributed by atoms with E-state index in [2.05, 4.69) is 47.6 Å². The third-order valence-electron chi connectivity index (χ3n) is 3.17. The first kappa shape index (κ1) is 12.9. The van der Waals surface area contributed by atoms with Crippen LogP contribution in [-0.2, 0) is 6.54 Å². The first-order valence-corrected chi connectivity index (χ1v) is 7.31. The van der Waals surface area contributed by atoms with Crippen molar-refractivity contribution >= 4 is 26.7 Å². The molecule has 1 aromatic heterocycles. The number of methoxy groups -OCH3 is 1. The molecular weight excluding hydrogens is 268 g/mol. The van der Waals surface area contributed by atoms with Crippen LogP contribution in [0.5, 0.6) is 5.75 Å². The normalized spacial score (nSPS) is 10.7. The van der Waals surface area contributed by atoms with Crippen LogP contribution >= 0.6 is 11.3 Å². The maximum absolute atomic E-state index is 5.33. The van der Waals surface area contributed by atoms with Crippen LogP contribution in [0.4, 0.5) is 5.13 Å². The summed E-state index contributed by atoms with van der Waals surface area (Å²) in [6.45, 7) is 2.87. The summed E-state index contributed by atoms with van der Waals surface area (Å²) in [7, 11) is 1.67. The van der Waals surface area contributed by atoms with Crippen LogP contribution in [-0.4, -0.2) is 12.1 Å². The van der Waals surface area contributed by atoms with Gasteiger partial charge in [0.1, 0.15) is 11.3 Å². The minimum atomic E-state index is 0.780. The zero-order chi connectivity index (χ0) is 13.9. The van der Waals surface area contributed by atoms with Gasteiger partial charge in [0, 0.05) is 6.54 Å². The molecule has 0 aliphatic rings. The molecule has 1 heterocycles. The van der Waals surface area contributed by atoms with E-state index in [1.165, 1.54) is 11.1 Å². The Morgan fingerprint density at radius 3 is 2.70 bits per heavy atom. The predicted octanol–water partition coefficient (Wildman–Crippen LogP) is 4.23. The highest BCUT2D eigenvalue weighted by atomic mass is 32.1. The molecular formula is C16H16N2OS. The zero-order valence-corrected chi connectivity index (χ0v) is 12.3. The van der Waals surface area contributed by atoms with Crippen molar-refractivity contribution in [2.45, 2.75) is 13.5 Å². The van der Waals surface area contributed by atoms with Gasteiger partial charge >= 0.3 is 0 Å². The number of nitrogens with one attached hydrogen (secondary N) is 1. The molecule has 3 aromatic rings. The fourth-order valence-corrected chi connectivity index (χ4v) is 2.93. The largest absolute Gasteiger partial charge is 0.494 e. The van der Waals surface area contributed by atoms with Crippen LogP contribution in [0.1, 0.15) is 11.1 Å². The Morgan fingerprint density at radius 1 is 1.15 bits per heavy atom. The second-order valence-corrected chi connectivity index (χ2v) is 5.70. The lowest BCUT2D eigenvalue weighted by atomic mass is 10.1. The number of anilines is 1. The summed E-state index contributed by atoms with van der Waals surface area (Å²) < 4.78 is 6.47. The van der Waals surface area contributed by atoms with E-state index in [-0.39, 0.29) is 0 Å². The van der Waals surface area contributed by atoms with Gasteiger partial charge in [-0.2, -0.15) is 0 Å².